The highest BCUT2D eigenvalue weighted by Crippen LogP contribution is 2.30. The lowest BCUT2D eigenvalue weighted by atomic mass is 10.1. The first-order valence-corrected chi connectivity index (χ1v) is 12.2. The first kappa shape index (κ1) is 29.4. The van der Waals surface area contributed by atoms with Crippen LogP contribution < -0.4 is 9.64 Å². The highest BCUT2D eigenvalue weighted by Gasteiger charge is 2.30. The van der Waals surface area contributed by atoms with Crippen molar-refractivity contribution in [2.75, 3.05) is 18.6 Å². The van der Waals surface area contributed by atoms with Gasteiger partial charge in [-0.2, -0.15) is 13.2 Å². The maximum absolute atomic E-state index is 13.0. The second kappa shape index (κ2) is 13.1. The van der Waals surface area contributed by atoms with Crippen LogP contribution in [0.5, 0.6) is 5.75 Å². The molecule has 0 atom stereocenters. The molecule has 2 heterocycles. The lowest BCUT2D eigenvalue weighted by Crippen LogP contribution is -2.29. The SMILES string of the molecule is CC(C)(C=O)Oc1ccc(CCN(Cc2ccc(C(F)(F)F)cc2)c2ccc(-c3ccoc3)cn2)cc1.CO. The highest BCUT2D eigenvalue weighted by molar-refractivity contribution is 5.63. The van der Waals surface area contributed by atoms with Crippen LogP contribution in [0.3, 0.4) is 0 Å². The Kier molecular flexibility index (Phi) is 9.89. The van der Waals surface area contributed by atoms with Crippen molar-refractivity contribution < 1.29 is 32.2 Å². The molecule has 0 saturated carbocycles. The van der Waals surface area contributed by atoms with Gasteiger partial charge in [0.15, 0.2) is 11.9 Å². The first-order chi connectivity index (χ1) is 18.6. The number of halogens is 3. The number of nitrogens with zero attached hydrogens (tertiary/aromatic N) is 2. The monoisotopic (exact) mass is 540 g/mol. The van der Waals surface area contributed by atoms with Crippen LogP contribution in [0.15, 0.2) is 89.9 Å². The summed E-state index contributed by atoms with van der Waals surface area (Å²) in [7, 11) is 1.00. The van der Waals surface area contributed by atoms with Crippen LogP contribution in [0.1, 0.15) is 30.5 Å². The van der Waals surface area contributed by atoms with Crippen molar-refractivity contribution in [2.24, 2.45) is 0 Å². The highest BCUT2D eigenvalue weighted by atomic mass is 19.4. The number of aromatic nitrogens is 1. The van der Waals surface area contributed by atoms with E-state index in [2.05, 4.69) is 4.98 Å². The molecule has 0 amide bonds. The molecule has 1 N–H and O–H groups in total. The molecule has 206 valence electrons. The summed E-state index contributed by atoms with van der Waals surface area (Å²) < 4.78 is 49.8. The van der Waals surface area contributed by atoms with E-state index < -0.39 is 17.3 Å². The van der Waals surface area contributed by atoms with E-state index in [1.165, 1.54) is 12.1 Å². The average molecular weight is 541 g/mol. The summed E-state index contributed by atoms with van der Waals surface area (Å²) in [4.78, 5) is 17.8. The molecule has 0 unspecified atom stereocenters. The number of anilines is 1. The van der Waals surface area contributed by atoms with Gasteiger partial charge in [0.05, 0.1) is 18.1 Å². The zero-order chi connectivity index (χ0) is 28.5. The molecule has 0 saturated heterocycles. The Morgan fingerprint density at radius 2 is 1.59 bits per heavy atom. The number of carbonyl (C=O) groups excluding carboxylic acids is 1. The van der Waals surface area contributed by atoms with Gasteiger partial charge in [-0.25, -0.2) is 4.98 Å². The van der Waals surface area contributed by atoms with Gasteiger partial charge in [0, 0.05) is 37.5 Å². The van der Waals surface area contributed by atoms with Gasteiger partial charge in [-0.1, -0.05) is 24.3 Å². The summed E-state index contributed by atoms with van der Waals surface area (Å²) in [5.74, 6) is 1.30. The van der Waals surface area contributed by atoms with Crippen LogP contribution in [0.2, 0.25) is 0 Å². The van der Waals surface area contributed by atoms with Crippen LogP contribution in [-0.4, -0.2) is 35.6 Å². The summed E-state index contributed by atoms with van der Waals surface area (Å²) in [6.07, 6.45) is 2.03. The molecule has 0 aliphatic carbocycles. The lowest BCUT2D eigenvalue weighted by Gasteiger charge is -2.25. The topological polar surface area (TPSA) is 75.8 Å². The Morgan fingerprint density at radius 3 is 2.13 bits per heavy atom. The Balaban J connectivity index is 0.00000205. The van der Waals surface area contributed by atoms with E-state index in [-0.39, 0.29) is 0 Å². The zero-order valence-electron chi connectivity index (χ0n) is 22.0. The van der Waals surface area contributed by atoms with E-state index in [0.717, 1.165) is 47.8 Å². The maximum atomic E-state index is 13.0. The number of aliphatic hydroxyl groups is 1. The van der Waals surface area contributed by atoms with E-state index in [1.807, 2.05) is 47.4 Å². The summed E-state index contributed by atoms with van der Waals surface area (Å²) in [5, 5.41) is 7.00. The van der Waals surface area contributed by atoms with Crippen molar-refractivity contribution in [3.63, 3.8) is 0 Å². The van der Waals surface area contributed by atoms with Crippen molar-refractivity contribution in [1.29, 1.82) is 0 Å². The van der Waals surface area contributed by atoms with Crippen LogP contribution in [0.4, 0.5) is 19.0 Å². The molecule has 2 aromatic heterocycles. The Morgan fingerprint density at radius 1 is 0.923 bits per heavy atom. The number of carbonyl (C=O) groups is 1. The van der Waals surface area contributed by atoms with Crippen molar-refractivity contribution >= 4 is 12.1 Å². The molecule has 0 fully saturated rings. The van der Waals surface area contributed by atoms with Crippen LogP contribution >= 0.6 is 0 Å². The van der Waals surface area contributed by atoms with Gasteiger partial charge in [-0.05, 0) is 73.9 Å². The standard InChI is InChI=1S/C29H27F3N2O3.CH4O/c1-28(2,20-35)37-26-10-5-21(6-11-26)13-15-34(18-22-3-8-25(9-4-22)29(30,31)32)27-12-7-23(17-33-27)24-14-16-36-19-24;1-2/h3-12,14,16-17,19-20H,13,15,18H2,1-2H3;2H,1H3. The average Bonchev–Trinajstić information content (AvgIpc) is 3.48. The molecule has 0 radical (unpaired) electrons. The van der Waals surface area contributed by atoms with Gasteiger partial charge in [0.1, 0.15) is 11.6 Å². The Bertz CT molecular complexity index is 1290. The molecule has 2 aromatic carbocycles. The summed E-state index contributed by atoms with van der Waals surface area (Å²) in [5.41, 5.74) is 2.02. The fraction of sp³-hybridized carbons (Fsp3) is 0.267. The number of benzene rings is 2. The van der Waals surface area contributed by atoms with Crippen LogP contribution in [-0.2, 0) is 23.9 Å². The van der Waals surface area contributed by atoms with Gasteiger partial charge in [-0.3, -0.25) is 4.79 Å². The third-order valence-corrected chi connectivity index (χ3v) is 5.84. The van der Waals surface area contributed by atoms with Gasteiger partial charge in [0.25, 0.3) is 0 Å². The Hall–Kier alpha value is -4.11. The molecule has 4 rings (SSSR count). The summed E-state index contributed by atoms with van der Waals surface area (Å²) in [6.45, 7) is 4.36. The van der Waals surface area contributed by atoms with E-state index in [4.69, 9.17) is 14.3 Å². The largest absolute Gasteiger partial charge is 0.480 e. The zero-order valence-corrected chi connectivity index (χ0v) is 22.0. The van der Waals surface area contributed by atoms with E-state index in [0.29, 0.717) is 31.1 Å². The van der Waals surface area contributed by atoms with E-state index in [1.54, 1.807) is 32.6 Å². The molecular weight excluding hydrogens is 509 g/mol. The molecule has 0 spiro atoms. The first-order valence-electron chi connectivity index (χ1n) is 12.2. The molecule has 0 aliphatic heterocycles. The number of furan rings is 1. The molecule has 39 heavy (non-hydrogen) atoms. The van der Waals surface area contributed by atoms with Crippen molar-refractivity contribution in [3.05, 3.63) is 102 Å². The third-order valence-electron chi connectivity index (χ3n) is 5.84. The van der Waals surface area contributed by atoms with Gasteiger partial charge >= 0.3 is 6.18 Å². The molecule has 4 aromatic rings. The number of aldehydes is 1. The maximum Gasteiger partial charge on any atom is 0.416 e. The predicted octanol–water partition coefficient (Wildman–Crippen LogP) is 6.57. The minimum absolute atomic E-state index is 0.394. The molecule has 6 nitrogen and oxygen atoms in total. The predicted molar refractivity (Wildman–Crippen MR) is 143 cm³/mol. The second-order valence-corrected chi connectivity index (χ2v) is 9.25. The number of ether oxygens (including phenoxy) is 1. The Labute approximate surface area is 225 Å². The fourth-order valence-corrected chi connectivity index (χ4v) is 3.78. The smallest absolute Gasteiger partial charge is 0.416 e. The summed E-state index contributed by atoms with van der Waals surface area (Å²) in [6, 6.07) is 18.4. The molecular formula is C30H31F3N2O4. The summed E-state index contributed by atoms with van der Waals surface area (Å²) >= 11 is 0. The number of hydrogen-bond donors (Lipinski definition) is 1. The lowest BCUT2D eigenvalue weighted by molar-refractivity contribution is -0.137. The van der Waals surface area contributed by atoms with Crippen molar-refractivity contribution in [3.8, 4) is 16.9 Å². The molecule has 0 bridgehead atoms. The number of pyridine rings is 1. The number of hydrogen-bond acceptors (Lipinski definition) is 6. The second-order valence-electron chi connectivity index (χ2n) is 9.25. The molecule has 0 aliphatic rings. The number of alkyl halides is 3. The van der Waals surface area contributed by atoms with Gasteiger partial charge in [0.2, 0.25) is 0 Å². The third kappa shape index (κ3) is 8.44. The van der Waals surface area contributed by atoms with Crippen molar-refractivity contribution in [1.82, 2.24) is 4.98 Å². The minimum atomic E-state index is -4.38. The van der Waals surface area contributed by atoms with Crippen LogP contribution in [0, 0.1) is 0 Å². The fourth-order valence-electron chi connectivity index (χ4n) is 3.78. The number of aliphatic hydroxyl groups excluding tert-OH is 1. The molecule has 9 heteroatoms. The van der Waals surface area contributed by atoms with E-state index >= 15 is 0 Å². The van der Waals surface area contributed by atoms with Crippen molar-refractivity contribution in [2.45, 2.75) is 38.6 Å². The van der Waals surface area contributed by atoms with Gasteiger partial charge < -0.3 is 19.2 Å². The minimum Gasteiger partial charge on any atom is -0.480 e. The quantitative estimate of drug-likeness (QED) is 0.229. The van der Waals surface area contributed by atoms with E-state index in [9.17, 15) is 18.0 Å². The van der Waals surface area contributed by atoms with Gasteiger partial charge in [-0.15, -0.1) is 0 Å². The normalized spacial score (nSPS) is 11.4. The van der Waals surface area contributed by atoms with Crippen LogP contribution in [0.25, 0.3) is 11.1 Å². The number of rotatable bonds is 10.